The maximum Gasteiger partial charge on any atom is 0.488 e. The molecule has 0 atom stereocenters. The average Bonchev–Trinajstić information content (AvgIpc) is 0.961. The summed E-state index contributed by atoms with van der Waals surface area (Å²) in [6, 6.07) is 102. The number of hydrogen-bond acceptors (Lipinski definition) is 6. The first-order valence-corrected chi connectivity index (χ1v) is 34.0. The van der Waals surface area contributed by atoms with Crippen LogP contribution >= 0.6 is 31.9 Å². The molecule has 12 heteroatoms. The zero-order valence-electron chi connectivity index (χ0n) is 52.4. The summed E-state index contributed by atoms with van der Waals surface area (Å²) >= 11 is 7.08. The van der Waals surface area contributed by atoms with Gasteiger partial charge in [-0.2, -0.15) is 0 Å². The molecule has 20 rings (SSSR count). The first kappa shape index (κ1) is 58.9. The van der Waals surface area contributed by atoms with Crippen molar-refractivity contribution in [1.82, 2.24) is 33.6 Å². The predicted octanol–water partition coefficient (Wildman–Crippen LogP) is 21.4. The Hall–Kier alpha value is -11.6. The van der Waals surface area contributed by atoms with E-state index in [-0.39, 0.29) is 0 Å². The highest BCUT2D eigenvalue weighted by atomic mass is 79.9. The fraction of sp³-hybridized carbons (Fsp3) is 0. The van der Waals surface area contributed by atoms with Gasteiger partial charge in [0.1, 0.15) is 0 Å². The monoisotopic (exact) mass is 1390 g/mol. The second kappa shape index (κ2) is 24.2. The second-order valence-corrected chi connectivity index (χ2v) is 26.4. The molecule has 462 valence electrons. The maximum absolute atomic E-state index is 9.42. The fourth-order valence-electron chi connectivity index (χ4n) is 14.7. The largest absolute Gasteiger partial charge is 0.488 e. The van der Waals surface area contributed by atoms with Crippen LogP contribution in [0.4, 0.5) is 0 Å². The number of halogens is 2. The molecule has 2 N–H and O–H groups in total. The van der Waals surface area contributed by atoms with Gasteiger partial charge in [0.05, 0.1) is 55.2 Å². The van der Waals surface area contributed by atoms with E-state index in [1.165, 1.54) is 75.9 Å². The quantitative estimate of drug-likeness (QED) is 0.127. The highest BCUT2D eigenvalue weighted by Crippen LogP contribution is 2.42. The van der Waals surface area contributed by atoms with E-state index >= 15 is 0 Å². The number of nitrogens with zero attached hydrogens (tertiary/aromatic N) is 7. The topological polar surface area (TPSA) is 107 Å². The van der Waals surface area contributed by atoms with Crippen LogP contribution in [0, 0.1) is 0 Å². The van der Waals surface area contributed by atoms with Crippen LogP contribution in [0.15, 0.2) is 325 Å². The Kier molecular flexibility index (Phi) is 14.6. The van der Waals surface area contributed by atoms with E-state index < -0.39 is 7.12 Å². The van der Waals surface area contributed by atoms with Gasteiger partial charge in [-0.1, -0.05) is 214 Å². The Bertz CT molecular complexity index is 6100. The van der Waals surface area contributed by atoms with Gasteiger partial charge >= 0.3 is 7.12 Å². The van der Waals surface area contributed by atoms with E-state index in [2.05, 4.69) is 298 Å². The number of aromatic nitrogens is 7. The summed E-state index contributed by atoms with van der Waals surface area (Å²) < 4.78 is 9.00. The number of rotatable bonds is 6. The number of para-hydroxylation sites is 6. The lowest BCUT2D eigenvalue weighted by Crippen LogP contribution is -2.29. The van der Waals surface area contributed by atoms with E-state index in [1.54, 1.807) is 18.5 Å². The van der Waals surface area contributed by atoms with E-state index in [1.807, 2.05) is 54.9 Å². The third-order valence-electron chi connectivity index (χ3n) is 19.0. The Morgan fingerprint density at radius 3 is 0.837 bits per heavy atom. The zero-order valence-corrected chi connectivity index (χ0v) is 55.6. The minimum atomic E-state index is -1.46. The first-order chi connectivity index (χ1) is 48.3. The normalized spacial score (nSPS) is 11.7. The fourth-order valence-corrected chi connectivity index (χ4v) is 15.5. The van der Waals surface area contributed by atoms with Gasteiger partial charge in [0.15, 0.2) is 0 Å². The minimum Gasteiger partial charge on any atom is -0.423 e. The highest BCUT2D eigenvalue weighted by molar-refractivity contribution is 9.10. The lowest BCUT2D eigenvalue weighted by Gasteiger charge is -2.14. The third-order valence-corrected chi connectivity index (χ3v) is 20.0. The van der Waals surface area contributed by atoms with Crippen LogP contribution in [-0.4, -0.2) is 50.8 Å². The van der Waals surface area contributed by atoms with Crippen LogP contribution in [0.25, 0.3) is 170 Å². The summed E-state index contributed by atoms with van der Waals surface area (Å²) in [6.45, 7) is 0. The average molecular weight is 1390 g/mol. The summed E-state index contributed by atoms with van der Waals surface area (Å²) in [5.41, 5.74) is 19.0. The van der Waals surface area contributed by atoms with Crippen LogP contribution in [0.1, 0.15) is 0 Å². The summed E-state index contributed by atoms with van der Waals surface area (Å²) in [5, 5.41) is 35.4. The molecule has 0 saturated heterocycles. The molecule has 5 aromatic heterocycles. The molecule has 0 radical (unpaired) electrons. The van der Waals surface area contributed by atoms with Gasteiger partial charge in [-0.15, -0.1) is 0 Å². The Morgan fingerprint density at radius 1 is 0.235 bits per heavy atom. The molecule has 5 heterocycles. The molecule has 0 aliphatic heterocycles. The molecule has 0 unspecified atom stereocenters. The molecule has 0 amide bonds. The van der Waals surface area contributed by atoms with Crippen LogP contribution < -0.4 is 5.46 Å². The summed E-state index contributed by atoms with van der Waals surface area (Å²) in [6.07, 6.45) is 7.10. The molecule has 0 saturated carbocycles. The van der Waals surface area contributed by atoms with Crippen molar-refractivity contribution in [2.24, 2.45) is 0 Å². The summed E-state index contributed by atoms with van der Waals surface area (Å²) in [5.74, 6) is 0. The van der Waals surface area contributed by atoms with Crippen molar-refractivity contribution in [3.05, 3.63) is 325 Å². The van der Waals surface area contributed by atoms with Crippen molar-refractivity contribution in [3.63, 3.8) is 0 Å². The van der Waals surface area contributed by atoms with Gasteiger partial charge in [0, 0.05) is 105 Å². The molecule has 0 bridgehead atoms. The molecule has 15 aromatic carbocycles. The van der Waals surface area contributed by atoms with Crippen LogP contribution in [0.3, 0.4) is 0 Å². The number of fused-ring (bicyclic) bond motifs is 21. The van der Waals surface area contributed by atoms with E-state index in [4.69, 9.17) is 9.97 Å². The lowest BCUT2D eigenvalue weighted by molar-refractivity contribution is 0.425. The summed E-state index contributed by atoms with van der Waals surface area (Å²) in [4.78, 5) is 19.0. The van der Waals surface area contributed by atoms with E-state index in [0.717, 1.165) is 103 Å². The molecule has 0 aliphatic carbocycles. The van der Waals surface area contributed by atoms with Crippen molar-refractivity contribution in [2.75, 3.05) is 0 Å². The molecule has 20 aromatic rings. The van der Waals surface area contributed by atoms with Crippen LogP contribution in [0.5, 0.6) is 0 Å². The SMILES string of the molecule is Brc1ccc2c3ccc(Br)cc3c3nccnc3c2c1.OB(O)c1cccc(-n2c3ccccc3c3ccccc32)c1.c1cc(-c2ccc3c4ccc(-c5cccc(-n6c7ccccc7c7ccccc76)c5)cc4c4nccnc4c3c2)cc(-n2c3ccccc3c3ccccc32)c1. The first-order valence-electron chi connectivity index (χ1n) is 32.4. The van der Waals surface area contributed by atoms with Gasteiger partial charge in [-0.05, 0) is 158 Å². The standard InChI is InChI=1S/C52H32N4.C18H14BNO2.C16H8Br2N2/c1-5-19-47-41(15-1)42-16-2-6-20-48(42)55(47)37-13-9-11-33(29-37)35-23-25-39-40-26-24-36(32-46(40)52-51(45(39)31-35)53-27-28-54-52)34-12-10-14-38(30-34)56-49-21-7-3-17-43(49)44-18-4-8-22-50(44)56;21-19(22)13-6-5-7-14(12-13)20-17-10-3-1-8-15(17)16-9-2-4-11-18(16)20;17-9-1-3-11-12-4-2-10(18)8-14(12)16-15(13(11)7-9)19-5-6-20-16/h1-32H;1-12,21-22H;1-8H. The molecular weight excluding hydrogens is 1330 g/mol. The van der Waals surface area contributed by atoms with Crippen molar-refractivity contribution < 1.29 is 10.0 Å². The van der Waals surface area contributed by atoms with Gasteiger partial charge in [-0.3, -0.25) is 19.9 Å². The summed E-state index contributed by atoms with van der Waals surface area (Å²) in [7, 11) is -1.46. The molecular formula is C86H54BBr2N7O2. The van der Waals surface area contributed by atoms with Crippen LogP contribution in [-0.2, 0) is 0 Å². The number of hydrogen-bond donors (Lipinski definition) is 2. The maximum atomic E-state index is 9.42. The lowest BCUT2D eigenvalue weighted by atomic mass is 9.80. The van der Waals surface area contributed by atoms with Gasteiger partial charge < -0.3 is 23.7 Å². The van der Waals surface area contributed by atoms with E-state index in [0.29, 0.717) is 5.46 Å². The van der Waals surface area contributed by atoms with Gasteiger partial charge in [0.25, 0.3) is 0 Å². The molecule has 9 nitrogen and oxygen atoms in total. The Labute approximate surface area is 578 Å². The Balaban J connectivity index is 0.000000134. The minimum absolute atomic E-state index is 0.486. The molecule has 0 spiro atoms. The van der Waals surface area contributed by atoms with Gasteiger partial charge in [0.2, 0.25) is 0 Å². The molecule has 98 heavy (non-hydrogen) atoms. The Morgan fingerprint density at radius 2 is 0.510 bits per heavy atom. The highest BCUT2D eigenvalue weighted by Gasteiger charge is 2.20. The van der Waals surface area contributed by atoms with Crippen molar-refractivity contribution in [2.45, 2.75) is 0 Å². The molecule has 0 fully saturated rings. The second-order valence-electron chi connectivity index (χ2n) is 24.6. The molecule has 0 aliphatic rings. The van der Waals surface area contributed by atoms with Gasteiger partial charge in [-0.25, -0.2) is 0 Å². The van der Waals surface area contributed by atoms with Crippen molar-refractivity contribution in [3.8, 4) is 39.3 Å². The third kappa shape index (κ3) is 9.98. The zero-order chi connectivity index (χ0) is 65.5. The number of benzene rings is 15. The van der Waals surface area contributed by atoms with Crippen molar-refractivity contribution >= 4 is 175 Å². The predicted molar refractivity (Wildman–Crippen MR) is 415 cm³/mol. The van der Waals surface area contributed by atoms with Crippen LogP contribution in [0.2, 0.25) is 0 Å². The van der Waals surface area contributed by atoms with Crippen molar-refractivity contribution in [1.29, 1.82) is 0 Å². The van der Waals surface area contributed by atoms with E-state index in [9.17, 15) is 10.0 Å². The smallest absolute Gasteiger partial charge is 0.423 e.